The van der Waals surface area contributed by atoms with Crippen LogP contribution in [0.2, 0.25) is 0 Å². The standard InChI is InChI=1S/C24H21N5O2/c1-4-14-28-19(5-2)27-22-20(24(28)30)21-23(26-18-9-7-6-8-17(18)25-21)29(22)15-10-12-16(31-3)13-11-15/h4,6-13H,1,5,14H2,2-3H3. The number of ether oxygens (including phenoxy) is 1. The first-order valence-electron chi connectivity index (χ1n) is 10.1. The van der Waals surface area contributed by atoms with Gasteiger partial charge in [-0.25, -0.2) is 15.0 Å². The molecule has 3 aromatic heterocycles. The van der Waals surface area contributed by atoms with Crippen molar-refractivity contribution in [3.63, 3.8) is 0 Å². The van der Waals surface area contributed by atoms with Crippen molar-refractivity contribution in [2.75, 3.05) is 7.11 Å². The van der Waals surface area contributed by atoms with Gasteiger partial charge in [0.2, 0.25) is 0 Å². The fourth-order valence-electron chi connectivity index (χ4n) is 3.93. The number of para-hydroxylation sites is 2. The molecular formula is C24H21N5O2. The fraction of sp³-hybridized carbons (Fsp3) is 0.167. The highest BCUT2D eigenvalue weighted by Gasteiger charge is 2.22. The highest BCUT2D eigenvalue weighted by molar-refractivity contribution is 6.05. The van der Waals surface area contributed by atoms with Gasteiger partial charge < -0.3 is 4.74 Å². The third-order valence-corrected chi connectivity index (χ3v) is 5.40. The van der Waals surface area contributed by atoms with Gasteiger partial charge in [-0.1, -0.05) is 25.1 Å². The van der Waals surface area contributed by atoms with E-state index in [-0.39, 0.29) is 5.56 Å². The van der Waals surface area contributed by atoms with Crippen molar-refractivity contribution in [1.82, 2.24) is 24.1 Å². The second kappa shape index (κ2) is 7.36. The first kappa shape index (κ1) is 19.0. The van der Waals surface area contributed by atoms with E-state index in [0.717, 1.165) is 22.5 Å². The molecule has 2 aromatic carbocycles. The van der Waals surface area contributed by atoms with Gasteiger partial charge >= 0.3 is 0 Å². The van der Waals surface area contributed by atoms with Gasteiger partial charge in [0.05, 0.1) is 18.1 Å². The highest BCUT2D eigenvalue weighted by atomic mass is 16.5. The zero-order chi connectivity index (χ0) is 21.5. The lowest BCUT2D eigenvalue weighted by Gasteiger charge is -2.11. The number of rotatable bonds is 5. The van der Waals surface area contributed by atoms with Crippen LogP contribution in [0.1, 0.15) is 12.7 Å². The molecule has 0 fully saturated rings. The molecule has 0 aliphatic carbocycles. The van der Waals surface area contributed by atoms with Crippen LogP contribution in [0.4, 0.5) is 0 Å². The topological polar surface area (TPSA) is 74.8 Å². The van der Waals surface area contributed by atoms with Gasteiger partial charge in [0, 0.05) is 18.7 Å². The van der Waals surface area contributed by atoms with E-state index in [1.165, 1.54) is 0 Å². The van der Waals surface area contributed by atoms with Crippen molar-refractivity contribution in [3.05, 3.63) is 77.4 Å². The van der Waals surface area contributed by atoms with Gasteiger partial charge in [-0.05, 0) is 36.4 Å². The van der Waals surface area contributed by atoms with Crippen molar-refractivity contribution in [2.24, 2.45) is 0 Å². The molecule has 0 amide bonds. The van der Waals surface area contributed by atoms with Crippen LogP contribution in [0, 0.1) is 0 Å². The third-order valence-electron chi connectivity index (χ3n) is 5.40. The Hall–Kier alpha value is -4.00. The summed E-state index contributed by atoms with van der Waals surface area (Å²) in [5.74, 6) is 1.44. The van der Waals surface area contributed by atoms with Crippen molar-refractivity contribution in [1.29, 1.82) is 0 Å². The Balaban J connectivity index is 1.98. The molecule has 0 bridgehead atoms. The predicted octanol–water partition coefficient (Wildman–Crippen LogP) is 4.04. The lowest BCUT2D eigenvalue weighted by molar-refractivity contribution is 0.415. The van der Waals surface area contributed by atoms with E-state index in [0.29, 0.717) is 41.0 Å². The van der Waals surface area contributed by atoms with Gasteiger partial charge in [-0.3, -0.25) is 13.9 Å². The molecule has 0 radical (unpaired) electrons. The summed E-state index contributed by atoms with van der Waals surface area (Å²) in [4.78, 5) is 28.1. The average Bonchev–Trinajstić information content (AvgIpc) is 3.12. The van der Waals surface area contributed by atoms with E-state index < -0.39 is 0 Å². The largest absolute Gasteiger partial charge is 0.497 e. The van der Waals surface area contributed by atoms with E-state index in [1.54, 1.807) is 17.8 Å². The molecule has 7 heteroatoms. The fourth-order valence-corrected chi connectivity index (χ4v) is 3.93. The number of hydrogen-bond acceptors (Lipinski definition) is 5. The zero-order valence-corrected chi connectivity index (χ0v) is 17.4. The lowest BCUT2D eigenvalue weighted by Crippen LogP contribution is -2.24. The molecule has 31 heavy (non-hydrogen) atoms. The SMILES string of the molecule is C=CCn1c(CC)nc2c(c1=O)c1nc3ccccc3nc1n2-c1ccc(OC)cc1. The molecular weight excluding hydrogens is 390 g/mol. The van der Waals surface area contributed by atoms with E-state index >= 15 is 0 Å². The molecule has 7 nitrogen and oxygen atoms in total. The minimum Gasteiger partial charge on any atom is -0.497 e. The molecule has 0 spiro atoms. The molecule has 0 aliphatic rings. The molecule has 154 valence electrons. The summed E-state index contributed by atoms with van der Waals surface area (Å²) in [6.07, 6.45) is 2.32. The smallest absolute Gasteiger partial charge is 0.265 e. The summed E-state index contributed by atoms with van der Waals surface area (Å²) in [6.45, 7) is 6.17. The summed E-state index contributed by atoms with van der Waals surface area (Å²) in [5, 5.41) is 0.461. The van der Waals surface area contributed by atoms with Crippen molar-refractivity contribution in [3.8, 4) is 11.4 Å². The maximum absolute atomic E-state index is 13.6. The minimum absolute atomic E-state index is 0.136. The Morgan fingerprint density at radius 2 is 1.71 bits per heavy atom. The number of benzene rings is 2. The number of aromatic nitrogens is 5. The Morgan fingerprint density at radius 1 is 1.00 bits per heavy atom. The maximum atomic E-state index is 13.6. The Morgan fingerprint density at radius 3 is 2.35 bits per heavy atom. The Labute approximate surface area is 178 Å². The van der Waals surface area contributed by atoms with Crippen molar-refractivity contribution in [2.45, 2.75) is 19.9 Å². The summed E-state index contributed by atoms with van der Waals surface area (Å²) < 4.78 is 8.86. The Bertz CT molecular complexity index is 1510. The third kappa shape index (κ3) is 2.89. The molecule has 0 atom stereocenters. The second-order valence-electron chi connectivity index (χ2n) is 7.20. The molecule has 3 heterocycles. The van der Waals surface area contributed by atoms with Gasteiger partial charge in [-0.2, -0.15) is 0 Å². The van der Waals surface area contributed by atoms with E-state index in [4.69, 9.17) is 19.7 Å². The summed E-state index contributed by atoms with van der Waals surface area (Å²) in [6, 6.07) is 15.3. The average molecular weight is 411 g/mol. The van der Waals surface area contributed by atoms with Crippen LogP contribution in [0.5, 0.6) is 5.75 Å². The van der Waals surface area contributed by atoms with Crippen LogP contribution in [0.25, 0.3) is 38.9 Å². The molecule has 0 aliphatic heterocycles. The molecule has 5 rings (SSSR count). The van der Waals surface area contributed by atoms with Crippen molar-refractivity contribution >= 4 is 33.2 Å². The van der Waals surface area contributed by atoms with Gasteiger partial charge in [0.15, 0.2) is 11.3 Å². The van der Waals surface area contributed by atoms with Crippen LogP contribution >= 0.6 is 0 Å². The normalized spacial score (nSPS) is 11.4. The van der Waals surface area contributed by atoms with E-state index in [1.807, 2.05) is 60.0 Å². The Kier molecular flexibility index (Phi) is 4.51. The number of aryl methyl sites for hydroxylation is 1. The molecule has 0 unspecified atom stereocenters. The lowest BCUT2D eigenvalue weighted by atomic mass is 10.3. The second-order valence-corrected chi connectivity index (χ2v) is 7.20. The van der Waals surface area contributed by atoms with Gasteiger partial charge in [-0.15, -0.1) is 6.58 Å². The summed E-state index contributed by atoms with van der Waals surface area (Å²) in [5.41, 5.74) is 3.89. The molecule has 0 saturated heterocycles. The van der Waals surface area contributed by atoms with Crippen LogP contribution in [-0.4, -0.2) is 31.2 Å². The van der Waals surface area contributed by atoms with Crippen LogP contribution in [0.15, 0.2) is 66.0 Å². The summed E-state index contributed by atoms with van der Waals surface area (Å²) in [7, 11) is 1.63. The number of hydrogen-bond donors (Lipinski definition) is 0. The van der Waals surface area contributed by atoms with Gasteiger partial charge in [0.1, 0.15) is 22.5 Å². The summed E-state index contributed by atoms with van der Waals surface area (Å²) >= 11 is 0. The molecule has 0 saturated carbocycles. The van der Waals surface area contributed by atoms with E-state index in [2.05, 4.69) is 6.58 Å². The van der Waals surface area contributed by atoms with E-state index in [9.17, 15) is 4.79 Å². The molecule has 5 aromatic rings. The quantitative estimate of drug-likeness (QED) is 0.408. The predicted molar refractivity (Wildman–Crippen MR) is 122 cm³/mol. The van der Waals surface area contributed by atoms with Crippen molar-refractivity contribution < 1.29 is 4.74 Å². The number of methoxy groups -OCH3 is 1. The monoisotopic (exact) mass is 411 g/mol. The maximum Gasteiger partial charge on any atom is 0.265 e. The molecule has 0 N–H and O–H groups in total. The first-order chi connectivity index (χ1) is 15.2. The zero-order valence-electron chi connectivity index (χ0n) is 17.4. The van der Waals surface area contributed by atoms with Crippen LogP contribution < -0.4 is 10.3 Å². The van der Waals surface area contributed by atoms with Gasteiger partial charge in [0.25, 0.3) is 5.56 Å². The highest BCUT2D eigenvalue weighted by Crippen LogP contribution is 2.29. The number of allylic oxidation sites excluding steroid dienone is 1. The first-order valence-corrected chi connectivity index (χ1v) is 10.1. The minimum atomic E-state index is -0.136. The number of fused-ring (bicyclic) bond motifs is 4. The number of nitrogens with zero attached hydrogens (tertiary/aromatic N) is 5. The van der Waals surface area contributed by atoms with Crippen LogP contribution in [-0.2, 0) is 13.0 Å². The van der Waals surface area contributed by atoms with Crippen LogP contribution in [0.3, 0.4) is 0 Å².